The van der Waals surface area contributed by atoms with Crippen molar-refractivity contribution in [3.8, 4) is 5.75 Å². The zero-order valence-corrected chi connectivity index (χ0v) is 14.8. The van der Waals surface area contributed by atoms with Gasteiger partial charge < -0.3 is 10.1 Å². The van der Waals surface area contributed by atoms with Crippen molar-refractivity contribution in [2.45, 2.75) is 32.1 Å². The van der Waals surface area contributed by atoms with Crippen molar-refractivity contribution in [3.05, 3.63) is 59.1 Å². The molecule has 0 unspecified atom stereocenters. The molecule has 3 nitrogen and oxygen atoms in total. The molecule has 24 heavy (non-hydrogen) atoms. The van der Waals surface area contributed by atoms with Crippen molar-refractivity contribution in [2.24, 2.45) is 5.92 Å². The molecular weight excluding hydrogens is 322 g/mol. The second-order valence-corrected chi connectivity index (χ2v) is 7.21. The molecule has 0 atom stereocenters. The molecule has 1 N–H and O–H groups in total. The summed E-state index contributed by atoms with van der Waals surface area (Å²) in [5, 5.41) is 3.68. The smallest absolute Gasteiger partial charge is 0.235 e. The number of amides is 1. The van der Waals surface area contributed by atoms with E-state index in [1.807, 2.05) is 48.5 Å². The standard InChI is InChI=1S/C20H22ClNO2/c1-14(2)13-24-18-8-6-17(7-9-18)22-19(23)20(10-11-20)15-4-3-5-16(21)12-15/h3-9,12,14H,10-11,13H2,1-2H3,(H,22,23). The van der Waals surface area contributed by atoms with Crippen LogP contribution in [0.1, 0.15) is 32.3 Å². The highest BCUT2D eigenvalue weighted by Gasteiger charge is 2.51. The van der Waals surface area contributed by atoms with Crippen LogP contribution >= 0.6 is 11.6 Å². The maximum atomic E-state index is 12.7. The fourth-order valence-electron chi connectivity index (χ4n) is 2.71. The minimum atomic E-state index is -0.433. The molecule has 1 aliphatic rings. The number of ether oxygens (including phenoxy) is 1. The summed E-state index contributed by atoms with van der Waals surface area (Å²) < 4.78 is 5.66. The van der Waals surface area contributed by atoms with Gasteiger partial charge in [0.15, 0.2) is 0 Å². The summed E-state index contributed by atoms with van der Waals surface area (Å²) in [7, 11) is 0. The van der Waals surface area contributed by atoms with Gasteiger partial charge >= 0.3 is 0 Å². The van der Waals surface area contributed by atoms with Gasteiger partial charge in [-0.15, -0.1) is 0 Å². The van der Waals surface area contributed by atoms with Gasteiger partial charge in [-0.2, -0.15) is 0 Å². The molecule has 1 saturated carbocycles. The Morgan fingerprint density at radius 3 is 2.50 bits per heavy atom. The van der Waals surface area contributed by atoms with Crippen LogP contribution in [0.5, 0.6) is 5.75 Å². The van der Waals surface area contributed by atoms with Crippen LogP contribution in [0.2, 0.25) is 5.02 Å². The first-order valence-corrected chi connectivity index (χ1v) is 8.68. The van der Waals surface area contributed by atoms with Crippen LogP contribution in [0.25, 0.3) is 0 Å². The lowest BCUT2D eigenvalue weighted by molar-refractivity contribution is -0.118. The predicted octanol–water partition coefficient (Wildman–Crippen LogP) is 5.05. The highest BCUT2D eigenvalue weighted by Crippen LogP contribution is 2.49. The molecular formula is C20H22ClNO2. The average molecular weight is 344 g/mol. The molecule has 0 spiro atoms. The van der Waals surface area contributed by atoms with Gasteiger partial charge in [0.25, 0.3) is 0 Å². The van der Waals surface area contributed by atoms with Gasteiger partial charge in [-0.25, -0.2) is 0 Å². The molecule has 2 aromatic carbocycles. The van der Waals surface area contributed by atoms with E-state index in [-0.39, 0.29) is 5.91 Å². The van der Waals surface area contributed by atoms with Crippen molar-refractivity contribution in [1.29, 1.82) is 0 Å². The molecule has 1 fully saturated rings. The molecule has 3 rings (SSSR count). The summed E-state index contributed by atoms with van der Waals surface area (Å²) in [4.78, 5) is 12.7. The summed E-state index contributed by atoms with van der Waals surface area (Å²) in [6.07, 6.45) is 1.71. The van der Waals surface area contributed by atoms with Crippen LogP contribution in [-0.2, 0) is 10.2 Å². The van der Waals surface area contributed by atoms with Crippen molar-refractivity contribution < 1.29 is 9.53 Å². The van der Waals surface area contributed by atoms with Crippen LogP contribution in [0.15, 0.2) is 48.5 Å². The lowest BCUT2D eigenvalue weighted by atomic mass is 9.95. The maximum Gasteiger partial charge on any atom is 0.235 e. The Morgan fingerprint density at radius 1 is 1.21 bits per heavy atom. The van der Waals surface area contributed by atoms with Gasteiger partial charge in [-0.3, -0.25) is 4.79 Å². The first kappa shape index (κ1) is 16.8. The third-order valence-corrected chi connectivity index (χ3v) is 4.49. The van der Waals surface area contributed by atoms with E-state index in [1.165, 1.54) is 0 Å². The Kier molecular flexibility index (Phi) is 4.81. The molecule has 0 bridgehead atoms. The van der Waals surface area contributed by atoms with Gasteiger partial charge in [0, 0.05) is 10.7 Å². The molecule has 0 saturated heterocycles. The quantitative estimate of drug-likeness (QED) is 0.797. The Morgan fingerprint density at radius 2 is 1.92 bits per heavy atom. The molecule has 126 valence electrons. The van der Waals surface area contributed by atoms with Crippen LogP contribution < -0.4 is 10.1 Å². The minimum absolute atomic E-state index is 0.0283. The van der Waals surface area contributed by atoms with Gasteiger partial charge in [-0.1, -0.05) is 37.6 Å². The number of benzene rings is 2. The molecule has 0 radical (unpaired) electrons. The second-order valence-electron chi connectivity index (χ2n) is 6.78. The van der Waals surface area contributed by atoms with Crippen LogP contribution in [0, 0.1) is 5.92 Å². The zero-order chi connectivity index (χ0) is 17.2. The van der Waals surface area contributed by atoms with E-state index in [0.29, 0.717) is 17.5 Å². The number of rotatable bonds is 6. The molecule has 0 aliphatic heterocycles. The summed E-state index contributed by atoms with van der Waals surface area (Å²) in [5.41, 5.74) is 1.34. The van der Waals surface area contributed by atoms with Crippen molar-refractivity contribution in [2.75, 3.05) is 11.9 Å². The summed E-state index contributed by atoms with van der Waals surface area (Å²) in [6, 6.07) is 15.1. The van der Waals surface area contributed by atoms with E-state index in [9.17, 15) is 4.79 Å². The van der Waals surface area contributed by atoms with Crippen LogP contribution in [-0.4, -0.2) is 12.5 Å². The number of anilines is 1. The second kappa shape index (κ2) is 6.86. The Labute approximate surface area is 148 Å². The van der Waals surface area contributed by atoms with Crippen molar-refractivity contribution in [1.82, 2.24) is 0 Å². The number of nitrogens with one attached hydrogen (secondary N) is 1. The molecule has 4 heteroatoms. The fraction of sp³-hybridized carbons (Fsp3) is 0.350. The van der Waals surface area contributed by atoms with E-state index < -0.39 is 5.41 Å². The van der Waals surface area contributed by atoms with Crippen LogP contribution in [0.4, 0.5) is 5.69 Å². The van der Waals surface area contributed by atoms with Gasteiger partial charge in [0.05, 0.1) is 12.0 Å². The molecule has 2 aromatic rings. The van der Waals surface area contributed by atoms with Gasteiger partial charge in [-0.05, 0) is 60.7 Å². The van der Waals surface area contributed by atoms with Gasteiger partial charge in [0.2, 0.25) is 5.91 Å². The molecule has 0 aromatic heterocycles. The Bertz CT molecular complexity index is 721. The number of carbonyl (C=O) groups is 1. The highest BCUT2D eigenvalue weighted by molar-refractivity contribution is 6.30. The first-order chi connectivity index (χ1) is 11.5. The SMILES string of the molecule is CC(C)COc1ccc(NC(=O)C2(c3cccc(Cl)c3)CC2)cc1. The average Bonchev–Trinajstić information content (AvgIpc) is 3.36. The van der Waals surface area contributed by atoms with E-state index >= 15 is 0 Å². The lowest BCUT2D eigenvalue weighted by Crippen LogP contribution is -2.27. The summed E-state index contributed by atoms with van der Waals surface area (Å²) in [6.45, 7) is 4.91. The lowest BCUT2D eigenvalue weighted by Gasteiger charge is -2.16. The predicted molar refractivity (Wildman–Crippen MR) is 97.8 cm³/mol. The third-order valence-electron chi connectivity index (χ3n) is 4.26. The zero-order valence-electron chi connectivity index (χ0n) is 14.0. The largest absolute Gasteiger partial charge is 0.493 e. The normalized spacial score (nSPS) is 15.2. The molecule has 0 heterocycles. The van der Waals surface area contributed by atoms with E-state index in [1.54, 1.807) is 0 Å². The minimum Gasteiger partial charge on any atom is -0.493 e. The number of hydrogen-bond acceptors (Lipinski definition) is 2. The number of hydrogen-bond donors (Lipinski definition) is 1. The highest BCUT2D eigenvalue weighted by atomic mass is 35.5. The summed E-state index contributed by atoms with van der Waals surface area (Å²) >= 11 is 6.07. The van der Waals surface area contributed by atoms with Gasteiger partial charge in [0.1, 0.15) is 5.75 Å². The maximum absolute atomic E-state index is 12.7. The third kappa shape index (κ3) is 3.73. The Balaban J connectivity index is 1.66. The Hall–Kier alpha value is -2.00. The molecule has 1 amide bonds. The number of carbonyl (C=O) groups excluding carboxylic acids is 1. The van der Waals surface area contributed by atoms with E-state index in [4.69, 9.17) is 16.3 Å². The summed E-state index contributed by atoms with van der Waals surface area (Å²) in [5.74, 6) is 1.33. The topological polar surface area (TPSA) is 38.3 Å². The fourth-order valence-corrected chi connectivity index (χ4v) is 2.90. The van der Waals surface area contributed by atoms with Crippen LogP contribution in [0.3, 0.4) is 0 Å². The van der Waals surface area contributed by atoms with Crippen molar-refractivity contribution in [3.63, 3.8) is 0 Å². The number of halogens is 1. The molecule has 1 aliphatic carbocycles. The van der Waals surface area contributed by atoms with E-state index in [2.05, 4.69) is 19.2 Å². The first-order valence-electron chi connectivity index (χ1n) is 8.30. The van der Waals surface area contributed by atoms with E-state index in [0.717, 1.165) is 29.8 Å². The van der Waals surface area contributed by atoms with Crippen molar-refractivity contribution >= 4 is 23.2 Å². The monoisotopic (exact) mass is 343 g/mol.